The number of amides is 2. The second-order valence-electron chi connectivity index (χ2n) is 6.95. The fourth-order valence-electron chi connectivity index (χ4n) is 3.71. The van der Waals surface area contributed by atoms with Crippen molar-refractivity contribution in [1.29, 1.82) is 0 Å². The summed E-state index contributed by atoms with van der Waals surface area (Å²) >= 11 is 1.37. The average Bonchev–Trinajstić information content (AvgIpc) is 3.38. The number of hydrogen-bond acceptors (Lipinski definition) is 5. The molecule has 1 aliphatic rings. The van der Waals surface area contributed by atoms with Gasteiger partial charge in [0.25, 0.3) is 0 Å². The molecule has 2 amide bonds. The zero-order valence-corrected chi connectivity index (χ0v) is 16.4. The Hall–Kier alpha value is -3.45. The molecule has 6 nitrogen and oxygen atoms in total. The first-order valence-corrected chi connectivity index (χ1v) is 10.4. The van der Waals surface area contributed by atoms with Crippen LogP contribution in [0.15, 0.2) is 66.2 Å². The van der Waals surface area contributed by atoms with Crippen molar-refractivity contribution >= 4 is 44.9 Å². The van der Waals surface area contributed by atoms with Crippen LogP contribution < -0.4 is 16.0 Å². The van der Waals surface area contributed by atoms with Gasteiger partial charge in [-0.3, -0.25) is 5.32 Å². The van der Waals surface area contributed by atoms with E-state index >= 15 is 0 Å². The van der Waals surface area contributed by atoms with Gasteiger partial charge in [-0.1, -0.05) is 24.3 Å². The van der Waals surface area contributed by atoms with Crippen molar-refractivity contribution in [2.75, 3.05) is 16.0 Å². The summed E-state index contributed by atoms with van der Waals surface area (Å²) in [6.07, 6.45) is 3.83. The van der Waals surface area contributed by atoms with Gasteiger partial charge in [0.2, 0.25) is 0 Å². The SMILES string of the molecule is O=C(Nc1ccc2nc(N[C@@H]3CCc4ccccc43)ccc2c1)Nc1nccs1. The predicted octanol–water partition coefficient (Wildman–Crippen LogP) is 5.43. The first kappa shape index (κ1) is 17.6. The molecule has 2 aromatic carbocycles. The van der Waals surface area contributed by atoms with E-state index in [2.05, 4.69) is 45.2 Å². The van der Waals surface area contributed by atoms with E-state index in [1.807, 2.05) is 35.7 Å². The standard InChI is InChI=1S/C22H19N5OS/c28-21(27-22-23-11-12-29-22)24-16-7-9-18-15(13-16)6-10-20(25-18)26-19-8-5-14-3-1-2-4-17(14)19/h1-4,6-7,9-13,19H,5,8H2,(H,25,26)(H2,23,24,27,28)/t19-/m1/s1. The zero-order valence-electron chi connectivity index (χ0n) is 15.6. The third kappa shape index (κ3) is 3.77. The van der Waals surface area contributed by atoms with Crippen LogP contribution in [-0.2, 0) is 6.42 Å². The molecule has 144 valence electrons. The van der Waals surface area contributed by atoms with Crippen molar-refractivity contribution in [1.82, 2.24) is 9.97 Å². The van der Waals surface area contributed by atoms with Crippen LogP contribution in [0.25, 0.3) is 10.9 Å². The van der Waals surface area contributed by atoms with Gasteiger partial charge < -0.3 is 10.6 Å². The van der Waals surface area contributed by atoms with E-state index in [1.54, 1.807) is 6.20 Å². The summed E-state index contributed by atoms with van der Waals surface area (Å²) in [5.41, 5.74) is 4.36. The number of nitrogens with zero attached hydrogens (tertiary/aromatic N) is 2. The highest BCUT2D eigenvalue weighted by molar-refractivity contribution is 7.13. The average molecular weight is 401 g/mol. The number of carbonyl (C=O) groups is 1. The van der Waals surface area contributed by atoms with Crippen LogP contribution in [0.5, 0.6) is 0 Å². The summed E-state index contributed by atoms with van der Waals surface area (Å²) < 4.78 is 0. The molecule has 5 rings (SSSR count). The van der Waals surface area contributed by atoms with Gasteiger partial charge in [0, 0.05) is 22.7 Å². The lowest BCUT2D eigenvalue weighted by Gasteiger charge is -2.15. The summed E-state index contributed by atoms with van der Waals surface area (Å²) in [6.45, 7) is 0. The Bertz CT molecular complexity index is 1180. The Kier molecular flexibility index (Phi) is 4.57. The van der Waals surface area contributed by atoms with Crippen molar-refractivity contribution in [2.24, 2.45) is 0 Å². The molecule has 2 aromatic heterocycles. The second-order valence-corrected chi connectivity index (χ2v) is 7.85. The monoisotopic (exact) mass is 401 g/mol. The number of hydrogen-bond donors (Lipinski definition) is 3. The van der Waals surface area contributed by atoms with Gasteiger partial charge in [0.1, 0.15) is 5.82 Å². The number of fused-ring (bicyclic) bond motifs is 2. The maximum Gasteiger partial charge on any atom is 0.325 e. The Labute approximate surface area is 172 Å². The van der Waals surface area contributed by atoms with Crippen LogP contribution >= 0.6 is 11.3 Å². The number of aromatic nitrogens is 2. The summed E-state index contributed by atoms with van der Waals surface area (Å²) in [6, 6.07) is 18.3. The van der Waals surface area contributed by atoms with Crippen molar-refractivity contribution < 1.29 is 4.79 Å². The number of pyridine rings is 1. The van der Waals surface area contributed by atoms with E-state index in [0.29, 0.717) is 16.9 Å². The summed E-state index contributed by atoms with van der Waals surface area (Å²) in [7, 11) is 0. The number of aryl methyl sites for hydroxylation is 1. The Balaban J connectivity index is 1.30. The van der Waals surface area contributed by atoms with Crippen molar-refractivity contribution in [3.63, 3.8) is 0 Å². The molecule has 3 N–H and O–H groups in total. The number of anilines is 3. The smallest absolute Gasteiger partial charge is 0.325 e. The molecule has 29 heavy (non-hydrogen) atoms. The van der Waals surface area contributed by atoms with Crippen LogP contribution in [0.4, 0.5) is 21.4 Å². The zero-order chi connectivity index (χ0) is 19.6. The minimum absolute atomic E-state index is 0.298. The van der Waals surface area contributed by atoms with E-state index in [9.17, 15) is 4.79 Å². The van der Waals surface area contributed by atoms with Crippen LogP contribution in [0.3, 0.4) is 0 Å². The van der Waals surface area contributed by atoms with Gasteiger partial charge in [-0.05, 0) is 54.3 Å². The van der Waals surface area contributed by atoms with Crippen LogP contribution in [0.2, 0.25) is 0 Å². The highest BCUT2D eigenvalue weighted by atomic mass is 32.1. The molecule has 0 unspecified atom stereocenters. The lowest BCUT2D eigenvalue weighted by atomic mass is 10.1. The molecular formula is C22H19N5OS. The molecule has 1 atom stereocenters. The largest absolute Gasteiger partial charge is 0.363 e. The van der Waals surface area contributed by atoms with Crippen molar-refractivity contribution in [3.05, 3.63) is 77.3 Å². The first-order valence-electron chi connectivity index (χ1n) is 9.47. The van der Waals surface area contributed by atoms with Gasteiger partial charge in [-0.25, -0.2) is 14.8 Å². The molecular weight excluding hydrogens is 382 g/mol. The van der Waals surface area contributed by atoms with E-state index in [-0.39, 0.29) is 6.03 Å². The third-order valence-corrected chi connectivity index (χ3v) is 5.74. The van der Waals surface area contributed by atoms with Crippen molar-refractivity contribution in [2.45, 2.75) is 18.9 Å². The van der Waals surface area contributed by atoms with E-state index < -0.39 is 0 Å². The summed E-state index contributed by atoms with van der Waals surface area (Å²) in [5, 5.41) is 12.4. The molecule has 1 aliphatic carbocycles. The molecule has 0 saturated carbocycles. The number of benzene rings is 2. The first-order chi connectivity index (χ1) is 14.2. The van der Waals surface area contributed by atoms with E-state index in [0.717, 1.165) is 29.6 Å². The number of nitrogens with one attached hydrogen (secondary N) is 3. The molecule has 2 heterocycles. The van der Waals surface area contributed by atoms with Gasteiger partial charge in [0.05, 0.1) is 11.6 Å². The predicted molar refractivity (Wildman–Crippen MR) is 118 cm³/mol. The van der Waals surface area contributed by atoms with Gasteiger partial charge >= 0.3 is 6.03 Å². The minimum Gasteiger partial charge on any atom is -0.363 e. The normalized spacial score (nSPS) is 15.1. The Morgan fingerprint density at radius 3 is 2.90 bits per heavy atom. The molecule has 0 bridgehead atoms. The van der Waals surface area contributed by atoms with E-state index in [1.165, 1.54) is 22.5 Å². The molecule has 0 spiro atoms. The number of carbonyl (C=O) groups excluding carboxylic acids is 1. The maximum atomic E-state index is 12.1. The third-order valence-electron chi connectivity index (χ3n) is 5.05. The summed E-state index contributed by atoms with van der Waals surface area (Å²) in [5.74, 6) is 0.862. The molecule has 0 saturated heterocycles. The Morgan fingerprint density at radius 2 is 2.00 bits per heavy atom. The number of thiazole rings is 1. The molecule has 0 radical (unpaired) electrons. The molecule has 0 fully saturated rings. The highest BCUT2D eigenvalue weighted by Crippen LogP contribution is 2.33. The van der Waals surface area contributed by atoms with Crippen LogP contribution in [0.1, 0.15) is 23.6 Å². The molecule has 7 heteroatoms. The lowest BCUT2D eigenvalue weighted by Crippen LogP contribution is -2.19. The fourth-order valence-corrected chi connectivity index (χ4v) is 4.24. The van der Waals surface area contributed by atoms with Gasteiger partial charge in [-0.15, -0.1) is 11.3 Å². The van der Waals surface area contributed by atoms with Crippen molar-refractivity contribution in [3.8, 4) is 0 Å². The van der Waals surface area contributed by atoms with Crippen LogP contribution in [0, 0.1) is 0 Å². The Morgan fingerprint density at radius 1 is 1.07 bits per heavy atom. The van der Waals surface area contributed by atoms with Gasteiger partial charge in [0.15, 0.2) is 5.13 Å². The maximum absolute atomic E-state index is 12.1. The molecule has 0 aliphatic heterocycles. The topological polar surface area (TPSA) is 78.9 Å². The number of urea groups is 1. The fraction of sp³-hybridized carbons (Fsp3) is 0.136. The second kappa shape index (κ2) is 7.52. The van der Waals surface area contributed by atoms with Crippen LogP contribution in [-0.4, -0.2) is 16.0 Å². The number of rotatable bonds is 4. The summed E-state index contributed by atoms with van der Waals surface area (Å²) in [4.78, 5) is 20.9. The van der Waals surface area contributed by atoms with Gasteiger partial charge in [-0.2, -0.15) is 0 Å². The van der Waals surface area contributed by atoms with E-state index in [4.69, 9.17) is 4.98 Å². The quantitative estimate of drug-likeness (QED) is 0.426. The highest BCUT2D eigenvalue weighted by Gasteiger charge is 2.21. The molecule has 4 aromatic rings. The minimum atomic E-state index is -0.314. The lowest BCUT2D eigenvalue weighted by molar-refractivity contribution is 0.262.